The molecular formula is C32H37F2N3O4S. The predicted octanol–water partition coefficient (Wildman–Crippen LogP) is 4.79. The summed E-state index contributed by atoms with van der Waals surface area (Å²) in [4.78, 5) is 30.5. The molecule has 4 rings (SSSR count). The number of carbonyl (C=O) groups excluding carboxylic acids is 2. The van der Waals surface area contributed by atoms with Crippen LogP contribution in [0.25, 0.3) is 0 Å². The molecule has 0 radical (unpaired) electrons. The minimum Gasteiger partial charge on any atom is -0.345 e. The van der Waals surface area contributed by atoms with Crippen molar-refractivity contribution >= 4 is 21.7 Å². The molecule has 10 heteroatoms. The van der Waals surface area contributed by atoms with Gasteiger partial charge < -0.3 is 15.1 Å². The highest BCUT2D eigenvalue weighted by Gasteiger charge is 2.28. The number of nitrogens with one attached hydrogen (secondary N) is 1. The lowest BCUT2D eigenvalue weighted by molar-refractivity contribution is -0.133. The Morgan fingerprint density at radius 3 is 2.17 bits per heavy atom. The van der Waals surface area contributed by atoms with Gasteiger partial charge >= 0.3 is 0 Å². The van der Waals surface area contributed by atoms with Crippen molar-refractivity contribution in [3.8, 4) is 0 Å². The molecule has 42 heavy (non-hydrogen) atoms. The zero-order valence-electron chi connectivity index (χ0n) is 23.9. The molecular weight excluding hydrogens is 560 g/mol. The molecule has 0 bridgehead atoms. The van der Waals surface area contributed by atoms with Crippen LogP contribution >= 0.6 is 0 Å². The number of rotatable bonds is 11. The van der Waals surface area contributed by atoms with Crippen LogP contribution in [0.2, 0.25) is 0 Å². The lowest BCUT2D eigenvalue weighted by atomic mass is 9.99. The lowest BCUT2D eigenvalue weighted by Gasteiger charge is -2.38. The van der Waals surface area contributed by atoms with Crippen molar-refractivity contribution in [2.75, 3.05) is 32.4 Å². The molecule has 3 aromatic carbocycles. The monoisotopic (exact) mass is 597 g/mol. The second kappa shape index (κ2) is 14.0. The molecule has 0 aliphatic carbocycles. The summed E-state index contributed by atoms with van der Waals surface area (Å²) < 4.78 is 50.8. The Kier molecular flexibility index (Phi) is 10.5. The van der Waals surface area contributed by atoms with E-state index < -0.39 is 27.4 Å². The molecule has 1 saturated heterocycles. The topological polar surface area (TPSA) is 86.8 Å². The molecule has 224 valence electrons. The third-order valence-corrected chi connectivity index (χ3v) is 8.86. The van der Waals surface area contributed by atoms with Gasteiger partial charge in [0.1, 0.15) is 11.6 Å². The zero-order valence-corrected chi connectivity index (χ0v) is 24.7. The minimum atomic E-state index is -3.29. The molecule has 2 amide bonds. The largest absolute Gasteiger partial charge is 0.345 e. The number of halogens is 2. The highest BCUT2D eigenvalue weighted by Crippen LogP contribution is 2.22. The number of amides is 2. The van der Waals surface area contributed by atoms with E-state index in [1.165, 1.54) is 12.1 Å². The fraction of sp³-hybridized carbons (Fsp3) is 0.375. The van der Waals surface area contributed by atoms with Gasteiger partial charge in [0.2, 0.25) is 5.91 Å². The van der Waals surface area contributed by atoms with Crippen LogP contribution < -0.4 is 5.32 Å². The van der Waals surface area contributed by atoms with Gasteiger partial charge in [-0.15, -0.1) is 0 Å². The number of piperidine rings is 1. The minimum absolute atomic E-state index is 0.0173. The molecule has 3 aromatic rings. The van der Waals surface area contributed by atoms with Crippen LogP contribution in [0.5, 0.6) is 0 Å². The van der Waals surface area contributed by atoms with Crippen molar-refractivity contribution in [3.63, 3.8) is 0 Å². The number of hydrogen-bond acceptors (Lipinski definition) is 5. The lowest BCUT2D eigenvalue weighted by Crippen LogP contribution is -2.48. The first-order valence-electron chi connectivity index (χ1n) is 14.2. The van der Waals surface area contributed by atoms with Gasteiger partial charge in [-0.25, -0.2) is 17.2 Å². The Bertz CT molecular complexity index is 1460. The summed E-state index contributed by atoms with van der Waals surface area (Å²) in [5.41, 5.74) is 1.62. The average Bonchev–Trinajstić information content (AvgIpc) is 2.96. The summed E-state index contributed by atoms with van der Waals surface area (Å²) in [7, 11) is -3.29. The summed E-state index contributed by atoms with van der Waals surface area (Å²) in [6.07, 6.45) is 3.62. The van der Waals surface area contributed by atoms with E-state index in [-0.39, 0.29) is 34.9 Å². The van der Waals surface area contributed by atoms with Crippen LogP contribution in [0.3, 0.4) is 0 Å². The third kappa shape index (κ3) is 8.45. The summed E-state index contributed by atoms with van der Waals surface area (Å²) in [6.45, 7) is 4.85. The van der Waals surface area contributed by atoms with Gasteiger partial charge in [0, 0.05) is 50.1 Å². The molecule has 1 N–H and O–H groups in total. The molecule has 1 atom stereocenters. The molecule has 0 unspecified atom stereocenters. The van der Waals surface area contributed by atoms with Crippen LogP contribution in [0.4, 0.5) is 8.78 Å². The van der Waals surface area contributed by atoms with Crippen LogP contribution in [0.1, 0.15) is 53.7 Å². The number of nitrogens with zero attached hydrogens (tertiary/aromatic N) is 2. The standard InChI is InChI=1S/C32H37F2N3O4S/c1-3-37(31(38)19-23-9-11-29(12-10-23)42(2,40)41)28-13-16-36(17-14-28)18-15-30(24-7-5-4-6-8-24)35-32(39)25-20-26(33)22-27(34)21-25/h4-12,20-22,28,30H,3,13-19H2,1-2H3,(H,35,39)/t30-/m0/s1. The molecule has 0 spiro atoms. The summed E-state index contributed by atoms with van der Waals surface area (Å²) in [5, 5.41) is 2.94. The van der Waals surface area contributed by atoms with Crippen molar-refractivity contribution in [2.24, 2.45) is 0 Å². The van der Waals surface area contributed by atoms with E-state index in [0.717, 1.165) is 61.5 Å². The number of likely N-dealkylation sites (tertiary alicyclic amines) is 1. The maximum absolute atomic E-state index is 13.7. The summed E-state index contributed by atoms with van der Waals surface area (Å²) in [6, 6.07) is 18.5. The van der Waals surface area contributed by atoms with Gasteiger partial charge in [-0.2, -0.15) is 0 Å². The van der Waals surface area contributed by atoms with E-state index in [4.69, 9.17) is 0 Å². The maximum Gasteiger partial charge on any atom is 0.251 e. The third-order valence-electron chi connectivity index (χ3n) is 7.73. The van der Waals surface area contributed by atoms with Crippen LogP contribution in [0.15, 0.2) is 77.7 Å². The van der Waals surface area contributed by atoms with Gasteiger partial charge in [0.05, 0.1) is 17.4 Å². The smallest absolute Gasteiger partial charge is 0.251 e. The molecule has 0 saturated carbocycles. The molecule has 7 nitrogen and oxygen atoms in total. The Labute approximate surface area is 246 Å². The molecule has 1 fully saturated rings. The second-order valence-electron chi connectivity index (χ2n) is 10.7. The van der Waals surface area contributed by atoms with Crippen LogP contribution in [-0.2, 0) is 21.1 Å². The van der Waals surface area contributed by atoms with Gasteiger partial charge in [0.15, 0.2) is 9.84 Å². The normalized spacial score (nSPS) is 15.2. The summed E-state index contributed by atoms with van der Waals surface area (Å²) >= 11 is 0. The fourth-order valence-electron chi connectivity index (χ4n) is 5.47. The number of likely N-dealkylation sites (N-methyl/N-ethyl adjacent to an activating group) is 1. The first-order chi connectivity index (χ1) is 20.0. The van der Waals surface area contributed by atoms with Gasteiger partial charge in [-0.3, -0.25) is 9.59 Å². The van der Waals surface area contributed by atoms with E-state index in [1.54, 1.807) is 12.1 Å². The Morgan fingerprint density at radius 1 is 0.976 bits per heavy atom. The highest BCUT2D eigenvalue weighted by atomic mass is 32.2. The van der Waals surface area contributed by atoms with Crippen molar-refractivity contribution < 1.29 is 26.8 Å². The SMILES string of the molecule is CCN(C(=O)Cc1ccc(S(C)(=O)=O)cc1)C1CCN(CC[C@H](NC(=O)c2cc(F)cc(F)c2)c2ccccc2)CC1. The van der Waals surface area contributed by atoms with Gasteiger partial charge in [-0.1, -0.05) is 42.5 Å². The first-order valence-corrected chi connectivity index (χ1v) is 16.1. The molecule has 1 heterocycles. The van der Waals surface area contributed by atoms with Crippen molar-refractivity contribution in [1.29, 1.82) is 0 Å². The zero-order chi connectivity index (χ0) is 30.3. The molecule has 1 aliphatic heterocycles. The molecule has 0 aromatic heterocycles. The van der Waals surface area contributed by atoms with Crippen LogP contribution in [0, 0.1) is 11.6 Å². The van der Waals surface area contributed by atoms with E-state index in [0.29, 0.717) is 19.5 Å². The first kappa shape index (κ1) is 31.3. The quantitative estimate of drug-likeness (QED) is 0.344. The number of hydrogen-bond donors (Lipinski definition) is 1. The second-order valence-corrected chi connectivity index (χ2v) is 12.7. The Balaban J connectivity index is 1.32. The van der Waals surface area contributed by atoms with Crippen molar-refractivity contribution in [3.05, 3.63) is 101 Å². The molecule has 1 aliphatic rings. The summed E-state index contributed by atoms with van der Waals surface area (Å²) in [5.74, 6) is -2.12. The predicted molar refractivity (Wildman–Crippen MR) is 158 cm³/mol. The Morgan fingerprint density at radius 2 is 1.60 bits per heavy atom. The van der Waals surface area contributed by atoms with E-state index in [2.05, 4.69) is 10.2 Å². The highest BCUT2D eigenvalue weighted by molar-refractivity contribution is 7.90. The number of sulfone groups is 1. The van der Waals surface area contributed by atoms with Crippen molar-refractivity contribution in [2.45, 2.75) is 49.6 Å². The van der Waals surface area contributed by atoms with Gasteiger partial charge in [-0.05, 0) is 61.6 Å². The fourth-order valence-corrected chi connectivity index (χ4v) is 6.10. The van der Waals surface area contributed by atoms with E-state index >= 15 is 0 Å². The maximum atomic E-state index is 13.7. The van der Waals surface area contributed by atoms with E-state index in [9.17, 15) is 26.8 Å². The van der Waals surface area contributed by atoms with Crippen molar-refractivity contribution in [1.82, 2.24) is 15.1 Å². The Hall–Kier alpha value is -3.63. The van der Waals surface area contributed by atoms with Gasteiger partial charge in [0.25, 0.3) is 5.91 Å². The van der Waals surface area contributed by atoms with E-state index in [1.807, 2.05) is 42.2 Å². The van der Waals surface area contributed by atoms with Crippen LogP contribution in [-0.4, -0.2) is 68.5 Å². The number of carbonyl (C=O) groups is 2. The average molecular weight is 598 g/mol. The number of benzene rings is 3.